The molecule has 1 aromatic carbocycles. The van der Waals surface area contributed by atoms with Crippen LogP contribution in [-0.2, 0) is 6.42 Å². The minimum absolute atomic E-state index is 0.595. The average Bonchev–Trinajstić information content (AvgIpc) is 2.47. The molecule has 2 heterocycles. The van der Waals surface area contributed by atoms with Crippen LogP contribution in [0.4, 0.5) is 5.69 Å². The lowest BCUT2D eigenvalue weighted by molar-refractivity contribution is 0.164. The summed E-state index contributed by atoms with van der Waals surface area (Å²) in [5, 5.41) is 7.16. The maximum atomic E-state index is 3.73. The van der Waals surface area contributed by atoms with Crippen molar-refractivity contribution in [2.24, 2.45) is 0 Å². The zero-order valence-corrected chi connectivity index (χ0v) is 11.2. The Balaban J connectivity index is 1.67. The first-order valence-electron chi connectivity index (χ1n) is 7.14. The number of nitrogens with one attached hydrogen (secondary N) is 2. The van der Waals surface area contributed by atoms with E-state index in [1.165, 1.54) is 37.2 Å². The van der Waals surface area contributed by atoms with Gasteiger partial charge in [0.15, 0.2) is 0 Å². The highest BCUT2D eigenvalue weighted by molar-refractivity contribution is 5.54. The molecule has 2 aliphatic rings. The van der Waals surface area contributed by atoms with Gasteiger partial charge in [-0.25, -0.2) is 0 Å². The van der Waals surface area contributed by atoms with Gasteiger partial charge in [0.05, 0.1) is 0 Å². The lowest BCUT2D eigenvalue weighted by atomic mass is 9.93. The Labute approximate surface area is 110 Å². The predicted octanol–water partition coefficient (Wildman–Crippen LogP) is 1.71. The summed E-state index contributed by atoms with van der Waals surface area (Å²) in [6.45, 7) is 7.00. The molecule has 1 aromatic rings. The van der Waals surface area contributed by atoms with Crippen LogP contribution in [0.5, 0.6) is 0 Å². The molecule has 0 spiro atoms. The smallest absolute Gasteiger partial charge is 0.0417 e. The molecule has 1 fully saturated rings. The first-order chi connectivity index (χ1) is 8.84. The SMILES string of the molecule is CC(C1CCc2ccccc2N1)N1CCNCC1. The lowest BCUT2D eigenvalue weighted by Crippen LogP contribution is -2.53. The molecule has 2 atom stereocenters. The van der Waals surface area contributed by atoms with Gasteiger partial charge in [-0.05, 0) is 31.4 Å². The maximum absolute atomic E-state index is 3.73. The average molecular weight is 245 g/mol. The first-order valence-corrected chi connectivity index (χ1v) is 7.14. The van der Waals surface area contributed by atoms with Crippen molar-refractivity contribution in [3.63, 3.8) is 0 Å². The van der Waals surface area contributed by atoms with Crippen molar-refractivity contribution < 1.29 is 0 Å². The second kappa shape index (κ2) is 5.29. The highest BCUT2D eigenvalue weighted by atomic mass is 15.2. The second-order valence-electron chi connectivity index (χ2n) is 5.47. The van der Waals surface area contributed by atoms with Gasteiger partial charge < -0.3 is 10.6 Å². The Morgan fingerprint density at radius 2 is 2.00 bits per heavy atom. The normalized spacial score (nSPS) is 26.2. The molecule has 0 saturated carbocycles. The van der Waals surface area contributed by atoms with Gasteiger partial charge in [0.2, 0.25) is 0 Å². The number of benzene rings is 1. The number of hydrogen-bond donors (Lipinski definition) is 2. The number of rotatable bonds is 2. The summed E-state index contributed by atoms with van der Waals surface area (Å²) in [4.78, 5) is 2.61. The van der Waals surface area contributed by atoms with E-state index in [1.807, 2.05) is 0 Å². The van der Waals surface area contributed by atoms with Gasteiger partial charge in [0, 0.05) is 44.0 Å². The standard InChI is InChI=1S/C15H23N3/c1-12(18-10-8-16-9-11-18)14-7-6-13-4-2-3-5-15(13)17-14/h2-5,12,14,16-17H,6-11H2,1H3. The molecule has 0 radical (unpaired) electrons. The quantitative estimate of drug-likeness (QED) is 0.830. The van der Waals surface area contributed by atoms with E-state index < -0.39 is 0 Å². The molecule has 98 valence electrons. The summed E-state index contributed by atoms with van der Waals surface area (Å²) >= 11 is 0. The van der Waals surface area contributed by atoms with Crippen LogP contribution in [0, 0.1) is 0 Å². The van der Waals surface area contributed by atoms with Crippen LogP contribution in [0.2, 0.25) is 0 Å². The highest BCUT2D eigenvalue weighted by Crippen LogP contribution is 2.26. The molecule has 0 amide bonds. The van der Waals surface area contributed by atoms with E-state index in [9.17, 15) is 0 Å². The largest absolute Gasteiger partial charge is 0.381 e. The van der Waals surface area contributed by atoms with Gasteiger partial charge in [0.1, 0.15) is 0 Å². The van der Waals surface area contributed by atoms with Gasteiger partial charge in [-0.1, -0.05) is 18.2 Å². The monoisotopic (exact) mass is 245 g/mol. The maximum Gasteiger partial charge on any atom is 0.0417 e. The van der Waals surface area contributed by atoms with E-state index in [-0.39, 0.29) is 0 Å². The van der Waals surface area contributed by atoms with Gasteiger partial charge in [-0.3, -0.25) is 4.90 Å². The van der Waals surface area contributed by atoms with Gasteiger partial charge in [0.25, 0.3) is 0 Å². The molecule has 3 heteroatoms. The third-order valence-electron chi connectivity index (χ3n) is 4.39. The summed E-state index contributed by atoms with van der Waals surface area (Å²) in [6.07, 6.45) is 2.46. The van der Waals surface area contributed by atoms with E-state index in [4.69, 9.17) is 0 Å². The Morgan fingerprint density at radius 3 is 2.83 bits per heavy atom. The van der Waals surface area contributed by atoms with Crippen molar-refractivity contribution in [1.29, 1.82) is 0 Å². The van der Waals surface area contributed by atoms with Crippen molar-refractivity contribution in [2.45, 2.75) is 31.8 Å². The van der Waals surface area contributed by atoms with Crippen LogP contribution in [0.15, 0.2) is 24.3 Å². The van der Waals surface area contributed by atoms with Gasteiger partial charge in [-0.15, -0.1) is 0 Å². The van der Waals surface area contributed by atoms with Crippen molar-refractivity contribution in [3.05, 3.63) is 29.8 Å². The zero-order chi connectivity index (χ0) is 12.4. The number of nitrogens with zero attached hydrogens (tertiary/aromatic N) is 1. The Kier molecular flexibility index (Phi) is 3.52. The predicted molar refractivity (Wildman–Crippen MR) is 76.1 cm³/mol. The minimum Gasteiger partial charge on any atom is -0.381 e. The molecular weight excluding hydrogens is 222 g/mol. The van der Waals surface area contributed by atoms with Crippen LogP contribution in [0.25, 0.3) is 0 Å². The fraction of sp³-hybridized carbons (Fsp3) is 0.600. The summed E-state index contributed by atoms with van der Waals surface area (Å²) < 4.78 is 0. The summed E-state index contributed by atoms with van der Waals surface area (Å²) in [7, 11) is 0. The molecule has 0 bridgehead atoms. The number of aryl methyl sites for hydroxylation is 1. The summed E-state index contributed by atoms with van der Waals surface area (Å²) in [5.74, 6) is 0. The van der Waals surface area contributed by atoms with Crippen LogP contribution >= 0.6 is 0 Å². The molecule has 2 unspecified atom stereocenters. The first kappa shape index (κ1) is 12.0. The molecule has 1 saturated heterocycles. The minimum atomic E-state index is 0.595. The van der Waals surface area contributed by atoms with Crippen LogP contribution < -0.4 is 10.6 Å². The molecule has 18 heavy (non-hydrogen) atoms. The van der Waals surface area contributed by atoms with E-state index in [0.29, 0.717) is 12.1 Å². The molecule has 3 nitrogen and oxygen atoms in total. The van der Waals surface area contributed by atoms with E-state index >= 15 is 0 Å². The molecular formula is C15H23N3. The van der Waals surface area contributed by atoms with E-state index in [0.717, 1.165) is 13.1 Å². The van der Waals surface area contributed by atoms with Crippen LogP contribution in [0.1, 0.15) is 18.9 Å². The van der Waals surface area contributed by atoms with E-state index in [1.54, 1.807) is 0 Å². The molecule has 3 rings (SSSR count). The number of anilines is 1. The Hall–Kier alpha value is -1.06. The fourth-order valence-electron chi connectivity index (χ4n) is 3.17. The summed E-state index contributed by atoms with van der Waals surface area (Å²) in [5.41, 5.74) is 2.82. The van der Waals surface area contributed by atoms with Gasteiger partial charge in [-0.2, -0.15) is 0 Å². The fourth-order valence-corrected chi connectivity index (χ4v) is 3.17. The Morgan fingerprint density at radius 1 is 1.22 bits per heavy atom. The molecule has 0 aromatic heterocycles. The number of fused-ring (bicyclic) bond motifs is 1. The molecule has 0 aliphatic carbocycles. The van der Waals surface area contributed by atoms with Crippen molar-refractivity contribution in [3.8, 4) is 0 Å². The molecule has 2 N–H and O–H groups in total. The lowest BCUT2D eigenvalue weighted by Gasteiger charge is -2.40. The summed E-state index contributed by atoms with van der Waals surface area (Å²) in [6, 6.07) is 9.95. The van der Waals surface area contributed by atoms with E-state index in [2.05, 4.69) is 46.7 Å². The zero-order valence-electron chi connectivity index (χ0n) is 11.2. The second-order valence-corrected chi connectivity index (χ2v) is 5.47. The number of piperazine rings is 1. The van der Waals surface area contributed by atoms with Crippen LogP contribution in [-0.4, -0.2) is 43.2 Å². The molecule has 2 aliphatic heterocycles. The number of para-hydroxylation sites is 1. The topological polar surface area (TPSA) is 27.3 Å². The highest BCUT2D eigenvalue weighted by Gasteiger charge is 2.27. The third-order valence-corrected chi connectivity index (χ3v) is 4.39. The Bertz CT molecular complexity index is 398. The van der Waals surface area contributed by atoms with Crippen molar-refractivity contribution >= 4 is 5.69 Å². The van der Waals surface area contributed by atoms with Gasteiger partial charge >= 0.3 is 0 Å². The van der Waals surface area contributed by atoms with Crippen molar-refractivity contribution in [2.75, 3.05) is 31.5 Å². The number of hydrogen-bond acceptors (Lipinski definition) is 3. The van der Waals surface area contributed by atoms with Crippen LogP contribution in [0.3, 0.4) is 0 Å². The van der Waals surface area contributed by atoms with Crippen molar-refractivity contribution in [1.82, 2.24) is 10.2 Å². The third kappa shape index (κ3) is 2.38.